The van der Waals surface area contributed by atoms with E-state index in [2.05, 4.69) is 6.92 Å². The summed E-state index contributed by atoms with van der Waals surface area (Å²) in [6.07, 6.45) is 22.0. The molecule has 0 aromatic heterocycles. The molecule has 0 unspecified atom stereocenters. The number of hydrogen-bond acceptors (Lipinski definition) is 3. The molecule has 0 fully saturated rings. The van der Waals surface area contributed by atoms with E-state index in [1.165, 1.54) is 96.3 Å². The summed E-state index contributed by atoms with van der Waals surface area (Å²) >= 11 is 0. The predicted octanol–water partition coefficient (Wildman–Crippen LogP) is 6.89. The number of hydrogen-bond donors (Lipinski definition) is 1. The Labute approximate surface area is 145 Å². The highest BCUT2D eigenvalue weighted by Crippen LogP contribution is 2.13. The third kappa shape index (κ3) is 19.8. The molecule has 23 heavy (non-hydrogen) atoms. The summed E-state index contributed by atoms with van der Waals surface area (Å²) in [6, 6.07) is 0. The average Bonchev–Trinajstić information content (AvgIpc) is 2.54. The predicted molar refractivity (Wildman–Crippen MR) is 99.7 cm³/mol. The molecule has 0 heterocycles. The van der Waals surface area contributed by atoms with Crippen molar-refractivity contribution in [2.75, 3.05) is 13.2 Å². The number of unbranched alkanes of at least 4 members (excludes halogenated alkanes) is 15. The van der Waals surface area contributed by atoms with Gasteiger partial charge in [0.05, 0.1) is 13.2 Å². The first-order valence-electron chi connectivity index (χ1n) is 10.4. The minimum atomic E-state index is 0.537. The maximum absolute atomic E-state index is 9.28. The first kappa shape index (κ1) is 22.9. The van der Waals surface area contributed by atoms with Gasteiger partial charge in [0.25, 0.3) is 0 Å². The molecule has 0 aromatic carbocycles. The summed E-state index contributed by atoms with van der Waals surface area (Å²) < 4.78 is 0. The zero-order valence-corrected chi connectivity index (χ0v) is 16.0. The van der Waals surface area contributed by atoms with Crippen molar-refractivity contribution in [3.05, 3.63) is 0 Å². The van der Waals surface area contributed by atoms with Gasteiger partial charge in [0.15, 0.2) is 0 Å². The van der Waals surface area contributed by atoms with Crippen molar-refractivity contribution in [3.8, 4) is 0 Å². The minimum Gasteiger partial charge on any atom is -0.290 e. The van der Waals surface area contributed by atoms with E-state index in [1.54, 1.807) is 0 Å². The van der Waals surface area contributed by atoms with Crippen LogP contribution in [-0.4, -0.2) is 23.6 Å². The summed E-state index contributed by atoms with van der Waals surface area (Å²) in [5.74, 6) is 0. The van der Waals surface area contributed by atoms with Gasteiger partial charge in [0, 0.05) is 0 Å². The standard InChI is InChI=1S/C20H43NO2/c1-3-5-6-7-8-9-10-11-12-13-14-15-16-17-18-19-20-21(22)23-4-2/h22H,3-20H2,1-2H3. The van der Waals surface area contributed by atoms with Gasteiger partial charge >= 0.3 is 0 Å². The van der Waals surface area contributed by atoms with Gasteiger partial charge in [-0.05, 0) is 13.3 Å². The molecule has 0 aliphatic rings. The number of hydroxylamine groups is 2. The van der Waals surface area contributed by atoms with E-state index in [0.717, 1.165) is 11.6 Å². The van der Waals surface area contributed by atoms with Crippen molar-refractivity contribution in [2.45, 2.75) is 117 Å². The molecule has 3 heteroatoms. The average molecular weight is 330 g/mol. The minimum absolute atomic E-state index is 0.537. The van der Waals surface area contributed by atoms with E-state index in [0.29, 0.717) is 13.2 Å². The van der Waals surface area contributed by atoms with Crippen molar-refractivity contribution in [2.24, 2.45) is 0 Å². The number of nitrogens with zero attached hydrogens (tertiary/aromatic N) is 1. The second-order valence-corrected chi connectivity index (χ2v) is 6.80. The highest BCUT2D eigenvalue weighted by molar-refractivity contribution is 4.50. The lowest BCUT2D eigenvalue weighted by Crippen LogP contribution is -2.20. The van der Waals surface area contributed by atoms with E-state index in [-0.39, 0.29) is 0 Å². The highest BCUT2D eigenvalue weighted by Gasteiger charge is 1.98. The van der Waals surface area contributed by atoms with Crippen molar-refractivity contribution in [1.29, 1.82) is 0 Å². The summed E-state index contributed by atoms with van der Waals surface area (Å²) in [4.78, 5) is 4.95. The van der Waals surface area contributed by atoms with Crippen LogP contribution in [0.4, 0.5) is 0 Å². The van der Waals surface area contributed by atoms with E-state index < -0.39 is 0 Å². The second kappa shape index (κ2) is 19.9. The third-order valence-electron chi connectivity index (χ3n) is 4.48. The molecule has 0 amide bonds. The smallest absolute Gasteiger partial charge is 0.0683 e. The molecule has 0 radical (unpaired) electrons. The molecule has 0 aromatic rings. The summed E-state index contributed by atoms with van der Waals surface area (Å²) in [7, 11) is 0. The SMILES string of the molecule is CCCCCCCCCCCCCCCCCCN(O)OCC. The van der Waals surface area contributed by atoms with E-state index in [1.807, 2.05) is 6.92 Å². The van der Waals surface area contributed by atoms with Crippen LogP contribution in [0.2, 0.25) is 0 Å². The van der Waals surface area contributed by atoms with Gasteiger partial charge in [-0.1, -0.05) is 108 Å². The van der Waals surface area contributed by atoms with Gasteiger partial charge in [-0.2, -0.15) is 0 Å². The Hall–Kier alpha value is -0.120. The third-order valence-corrected chi connectivity index (χ3v) is 4.48. The van der Waals surface area contributed by atoms with Crippen LogP contribution in [0, 0.1) is 0 Å². The first-order chi connectivity index (χ1) is 11.3. The van der Waals surface area contributed by atoms with Gasteiger partial charge in [0.1, 0.15) is 0 Å². The Kier molecular flexibility index (Phi) is 19.8. The van der Waals surface area contributed by atoms with Gasteiger partial charge in [-0.3, -0.25) is 10.0 Å². The fourth-order valence-corrected chi connectivity index (χ4v) is 3.01. The van der Waals surface area contributed by atoms with E-state index >= 15 is 0 Å². The van der Waals surface area contributed by atoms with Gasteiger partial charge in [-0.25, -0.2) is 0 Å². The Morgan fingerprint density at radius 1 is 0.565 bits per heavy atom. The van der Waals surface area contributed by atoms with Crippen molar-refractivity contribution >= 4 is 0 Å². The molecular weight excluding hydrogens is 286 g/mol. The first-order valence-corrected chi connectivity index (χ1v) is 10.4. The van der Waals surface area contributed by atoms with Gasteiger partial charge in [-0.15, -0.1) is 0 Å². The Morgan fingerprint density at radius 3 is 1.26 bits per heavy atom. The largest absolute Gasteiger partial charge is 0.290 e. The molecule has 140 valence electrons. The van der Waals surface area contributed by atoms with E-state index in [9.17, 15) is 5.21 Å². The molecule has 0 atom stereocenters. The molecule has 3 nitrogen and oxygen atoms in total. The maximum Gasteiger partial charge on any atom is 0.0683 e. The Morgan fingerprint density at radius 2 is 0.913 bits per heavy atom. The topological polar surface area (TPSA) is 32.7 Å². The van der Waals surface area contributed by atoms with Crippen LogP contribution in [0.3, 0.4) is 0 Å². The van der Waals surface area contributed by atoms with Crippen LogP contribution in [0.15, 0.2) is 0 Å². The van der Waals surface area contributed by atoms with Crippen LogP contribution >= 0.6 is 0 Å². The molecule has 0 saturated heterocycles. The molecular formula is C20H43NO2. The fraction of sp³-hybridized carbons (Fsp3) is 1.00. The Bertz CT molecular complexity index is 212. The summed E-state index contributed by atoms with van der Waals surface area (Å²) in [5, 5.41) is 10.3. The molecule has 0 aliphatic carbocycles. The zero-order valence-electron chi connectivity index (χ0n) is 16.0. The van der Waals surface area contributed by atoms with Crippen LogP contribution in [0.1, 0.15) is 117 Å². The lowest BCUT2D eigenvalue weighted by molar-refractivity contribution is -0.338. The van der Waals surface area contributed by atoms with Gasteiger partial charge in [0.2, 0.25) is 0 Å². The molecule has 0 saturated carbocycles. The molecule has 0 spiro atoms. The van der Waals surface area contributed by atoms with Crippen molar-refractivity contribution in [1.82, 2.24) is 5.23 Å². The fourth-order valence-electron chi connectivity index (χ4n) is 3.01. The van der Waals surface area contributed by atoms with Crippen molar-refractivity contribution in [3.63, 3.8) is 0 Å². The van der Waals surface area contributed by atoms with Crippen LogP contribution in [0.25, 0.3) is 0 Å². The summed E-state index contributed by atoms with van der Waals surface area (Å²) in [5.41, 5.74) is 0. The molecule has 0 aliphatic heterocycles. The maximum atomic E-state index is 9.28. The van der Waals surface area contributed by atoms with Gasteiger partial charge < -0.3 is 0 Å². The monoisotopic (exact) mass is 329 g/mol. The van der Waals surface area contributed by atoms with Crippen molar-refractivity contribution < 1.29 is 10.0 Å². The normalized spacial score (nSPS) is 11.5. The second-order valence-electron chi connectivity index (χ2n) is 6.80. The number of rotatable bonds is 19. The van der Waals surface area contributed by atoms with E-state index in [4.69, 9.17) is 4.84 Å². The Balaban J connectivity index is 3.00. The zero-order chi connectivity index (χ0) is 17.0. The lowest BCUT2D eigenvalue weighted by atomic mass is 10.0. The molecule has 0 bridgehead atoms. The summed E-state index contributed by atoms with van der Waals surface area (Å²) in [6.45, 7) is 5.34. The molecule has 1 N–H and O–H groups in total. The molecule has 0 rings (SSSR count). The van der Waals surface area contributed by atoms with Crippen LogP contribution in [0.5, 0.6) is 0 Å². The lowest BCUT2D eigenvalue weighted by Gasteiger charge is -2.12. The quantitative estimate of drug-likeness (QED) is 0.207. The highest BCUT2D eigenvalue weighted by atomic mass is 16.9. The van der Waals surface area contributed by atoms with Crippen LogP contribution in [-0.2, 0) is 4.84 Å². The van der Waals surface area contributed by atoms with Crippen LogP contribution < -0.4 is 0 Å².